The molecule has 112 valence electrons. The molecule has 2 atom stereocenters. The van der Waals surface area contributed by atoms with E-state index in [2.05, 4.69) is 4.99 Å². The van der Waals surface area contributed by atoms with Crippen LogP contribution in [0.1, 0.15) is 24.3 Å². The summed E-state index contributed by atoms with van der Waals surface area (Å²) in [6.45, 7) is 0.419. The highest BCUT2D eigenvalue weighted by Gasteiger charge is 2.42. The Kier molecular flexibility index (Phi) is 3.26. The molecule has 5 heteroatoms. The summed E-state index contributed by atoms with van der Waals surface area (Å²) in [5.74, 6) is 0.782. The lowest BCUT2D eigenvalue weighted by Crippen LogP contribution is -2.35. The maximum absolute atomic E-state index is 12.3. The summed E-state index contributed by atoms with van der Waals surface area (Å²) < 4.78 is 11.5. The second-order valence-corrected chi connectivity index (χ2v) is 5.96. The quantitative estimate of drug-likeness (QED) is 0.798. The van der Waals surface area contributed by atoms with Gasteiger partial charge in [0.2, 0.25) is 0 Å². The summed E-state index contributed by atoms with van der Waals surface area (Å²) in [7, 11) is 0. The number of Topliss-reactive ketones (excluding diaryl/α,β-unsaturated/α-hetero) is 1. The topological polar surface area (TPSA) is 47.9 Å². The van der Waals surface area contributed by atoms with Crippen LogP contribution in [0.25, 0.3) is 0 Å². The molecule has 1 aromatic rings. The molecule has 0 bridgehead atoms. The lowest BCUT2D eigenvalue weighted by molar-refractivity contribution is -0.118. The smallest absolute Gasteiger partial charge is 0.174 e. The summed E-state index contributed by atoms with van der Waals surface area (Å²) in [5.41, 5.74) is 2.56. The molecule has 0 amide bonds. The first-order chi connectivity index (χ1) is 10.8. The molecule has 4 rings (SSSR count). The number of ketones is 1. The van der Waals surface area contributed by atoms with Crippen LogP contribution in [0.4, 0.5) is 0 Å². The van der Waals surface area contributed by atoms with E-state index in [0.29, 0.717) is 30.2 Å². The number of hydrogen-bond acceptors (Lipinski definition) is 4. The van der Waals surface area contributed by atoms with Crippen LogP contribution < -0.4 is 0 Å². The molecule has 0 spiro atoms. The zero-order valence-corrected chi connectivity index (χ0v) is 12.5. The number of benzene rings is 1. The average molecular weight is 316 g/mol. The van der Waals surface area contributed by atoms with Gasteiger partial charge in [-0.1, -0.05) is 29.8 Å². The molecule has 0 N–H and O–H groups in total. The zero-order valence-electron chi connectivity index (χ0n) is 11.8. The van der Waals surface area contributed by atoms with Crippen molar-refractivity contribution in [3.05, 3.63) is 58.0 Å². The van der Waals surface area contributed by atoms with Crippen molar-refractivity contribution in [3.8, 4) is 0 Å². The summed E-state index contributed by atoms with van der Waals surface area (Å²) in [6.07, 6.45) is 3.95. The molecule has 1 aromatic carbocycles. The van der Waals surface area contributed by atoms with Crippen molar-refractivity contribution < 1.29 is 14.3 Å². The number of ether oxygens (including phenoxy) is 2. The van der Waals surface area contributed by atoms with E-state index in [-0.39, 0.29) is 17.8 Å². The highest BCUT2D eigenvalue weighted by atomic mass is 35.5. The Morgan fingerprint density at radius 1 is 1.27 bits per heavy atom. The normalized spacial score (nSPS) is 26.6. The number of carbonyl (C=O) groups excluding carboxylic acids is 1. The monoisotopic (exact) mass is 315 g/mol. The molecule has 2 unspecified atom stereocenters. The minimum absolute atomic E-state index is 0.0175. The fourth-order valence-corrected chi connectivity index (χ4v) is 3.58. The number of aliphatic imine (C=N–C) groups is 1. The zero-order chi connectivity index (χ0) is 15.1. The van der Waals surface area contributed by atoms with Crippen molar-refractivity contribution in [2.24, 2.45) is 4.99 Å². The average Bonchev–Trinajstić information content (AvgIpc) is 2.55. The van der Waals surface area contributed by atoms with Crippen LogP contribution in [-0.2, 0) is 14.3 Å². The SMILES string of the molecule is O=C1CCOC2=C1CC(c1ccccc1Cl)C1OC=NC=C21. The standard InChI is InChI=1S/C17H14ClNO3/c18-14-4-2-1-3-10(14)11-7-12-15(20)5-6-21-17(12)13-8-19-9-22-16(11)13/h1-4,8-9,11,16H,5-7H2. The van der Waals surface area contributed by atoms with E-state index >= 15 is 0 Å². The minimum atomic E-state index is -0.220. The first-order valence-corrected chi connectivity index (χ1v) is 7.64. The third-order valence-corrected chi connectivity index (χ3v) is 4.68. The fraction of sp³-hybridized carbons (Fsp3) is 0.294. The molecular weight excluding hydrogens is 302 g/mol. The summed E-state index contributed by atoms with van der Waals surface area (Å²) in [6, 6.07) is 7.69. The maximum atomic E-state index is 12.3. The second-order valence-electron chi connectivity index (χ2n) is 5.56. The van der Waals surface area contributed by atoms with Crippen molar-refractivity contribution in [2.45, 2.75) is 24.9 Å². The third kappa shape index (κ3) is 2.06. The lowest BCUT2D eigenvalue weighted by Gasteiger charge is -2.38. The second kappa shape index (κ2) is 5.29. The van der Waals surface area contributed by atoms with Crippen molar-refractivity contribution in [2.75, 3.05) is 6.61 Å². The van der Waals surface area contributed by atoms with E-state index in [1.54, 1.807) is 6.20 Å². The van der Waals surface area contributed by atoms with Crippen LogP contribution in [0.3, 0.4) is 0 Å². The summed E-state index contributed by atoms with van der Waals surface area (Å²) in [5, 5.41) is 0.686. The van der Waals surface area contributed by atoms with E-state index in [4.69, 9.17) is 21.1 Å². The van der Waals surface area contributed by atoms with E-state index in [9.17, 15) is 4.79 Å². The van der Waals surface area contributed by atoms with Crippen molar-refractivity contribution in [3.63, 3.8) is 0 Å². The van der Waals surface area contributed by atoms with Gasteiger partial charge in [-0.3, -0.25) is 4.79 Å². The molecule has 2 aliphatic heterocycles. The van der Waals surface area contributed by atoms with Gasteiger partial charge < -0.3 is 9.47 Å². The highest BCUT2D eigenvalue weighted by Crippen LogP contribution is 2.45. The van der Waals surface area contributed by atoms with Gasteiger partial charge in [-0.15, -0.1) is 0 Å². The van der Waals surface area contributed by atoms with Crippen molar-refractivity contribution in [1.82, 2.24) is 0 Å². The van der Waals surface area contributed by atoms with Gasteiger partial charge >= 0.3 is 0 Å². The molecule has 3 aliphatic rings. The summed E-state index contributed by atoms with van der Waals surface area (Å²) >= 11 is 6.36. The fourth-order valence-electron chi connectivity index (χ4n) is 3.31. The first kappa shape index (κ1) is 13.6. The molecule has 1 aliphatic carbocycles. The Balaban J connectivity index is 1.84. The van der Waals surface area contributed by atoms with Crippen LogP contribution in [0.2, 0.25) is 5.02 Å². The molecule has 0 radical (unpaired) electrons. The Hall–Kier alpha value is -2.07. The number of allylic oxidation sites excluding steroid dienone is 1. The van der Waals surface area contributed by atoms with Gasteiger partial charge in [0.05, 0.1) is 12.2 Å². The maximum Gasteiger partial charge on any atom is 0.174 e. The van der Waals surface area contributed by atoms with E-state index in [1.807, 2.05) is 24.3 Å². The van der Waals surface area contributed by atoms with Crippen LogP contribution in [0.5, 0.6) is 0 Å². The number of carbonyl (C=O) groups is 1. The van der Waals surface area contributed by atoms with Crippen molar-refractivity contribution >= 4 is 23.8 Å². The molecular formula is C17H14ClNO3. The highest BCUT2D eigenvalue weighted by molar-refractivity contribution is 6.31. The molecule has 2 heterocycles. The number of fused-ring (bicyclic) bond motifs is 2. The predicted molar refractivity (Wildman–Crippen MR) is 82.9 cm³/mol. The van der Waals surface area contributed by atoms with E-state index in [0.717, 1.165) is 16.7 Å². The molecule has 0 saturated carbocycles. The summed E-state index contributed by atoms with van der Waals surface area (Å²) in [4.78, 5) is 16.3. The molecule has 0 saturated heterocycles. The van der Waals surface area contributed by atoms with Gasteiger partial charge in [-0.25, -0.2) is 4.99 Å². The number of nitrogens with zero attached hydrogens (tertiary/aromatic N) is 1. The molecule has 22 heavy (non-hydrogen) atoms. The van der Waals surface area contributed by atoms with E-state index in [1.165, 1.54) is 6.40 Å². The molecule has 0 fully saturated rings. The van der Waals surface area contributed by atoms with Crippen LogP contribution >= 0.6 is 11.6 Å². The lowest BCUT2D eigenvalue weighted by atomic mass is 9.76. The van der Waals surface area contributed by atoms with Gasteiger partial charge in [0.15, 0.2) is 12.2 Å². The number of hydrogen-bond donors (Lipinski definition) is 0. The molecule has 0 aromatic heterocycles. The minimum Gasteiger partial charge on any atom is -0.492 e. The van der Waals surface area contributed by atoms with Gasteiger partial charge in [-0.05, 0) is 18.1 Å². The Labute approximate surface area is 133 Å². The van der Waals surface area contributed by atoms with Crippen LogP contribution in [-0.4, -0.2) is 24.9 Å². The number of rotatable bonds is 1. The van der Waals surface area contributed by atoms with Gasteiger partial charge in [0.1, 0.15) is 11.9 Å². The van der Waals surface area contributed by atoms with Crippen LogP contribution in [0.15, 0.2) is 52.4 Å². The Morgan fingerprint density at radius 2 is 2.14 bits per heavy atom. The van der Waals surface area contributed by atoms with Crippen molar-refractivity contribution in [1.29, 1.82) is 0 Å². The van der Waals surface area contributed by atoms with E-state index < -0.39 is 0 Å². The largest absolute Gasteiger partial charge is 0.492 e. The van der Waals surface area contributed by atoms with Gasteiger partial charge in [0, 0.05) is 29.1 Å². The Bertz CT molecular complexity index is 735. The predicted octanol–water partition coefficient (Wildman–Crippen LogP) is 3.38. The molecule has 4 nitrogen and oxygen atoms in total. The first-order valence-electron chi connectivity index (χ1n) is 7.27. The van der Waals surface area contributed by atoms with Gasteiger partial charge in [0.25, 0.3) is 0 Å². The Morgan fingerprint density at radius 3 is 3.00 bits per heavy atom. The third-order valence-electron chi connectivity index (χ3n) is 4.33. The number of halogens is 1. The van der Waals surface area contributed by atoms with Gasteiger partial charge in [-0.2, -0.15) is 0 Å². The van der Waals surface area contributed by atoms with Crippen LogP contribution in [0, 0.1) is 0 Å².